The van der Waals surface area contributed by atoms with Gasteiger partial charge in [0, 0.05) is 5.02 Å². The standard InChI is InChI=1S/C16H14BrClO/c1-10-6-14(18)4-5-15(10)16(17)11-2-3-12-8-19-9-13(12)7-11/h2-7,16H,8-9H2,1H3. The van der Waals surface area contributed by atoms with Crippen LogP contribution in [0.5, 0.6) is 0 Å². The maximum absolute atomic E-state index is 6.01. The number of rotatable bonds is 2. The average molecular weight is 338 g/mol. The maximum Gasteiger partial charge on any atom is 0.0725 e. The fraction of sp³-hybridized carbons (Fsp3) is 0.250. The summed E-state index contributed by atoms with van der Waals surface area (Å²) in [6, 6.07) is 12.6. The van der Waals surface area contributed by atoms with E-state index in [1.807, 2.05) is 12.1 Å². The fourth-order valence-corrected chi connectivity index (χ4v) is 3.48. The van der Waals surface area contributed by atoms with Gasteiger partial charge in [-0.25, -0.2) is 0 Å². The topological polar surface area (TPSA) is 9.23 Å². The summed E-state index contributed by atoms with van der Waals surface area (Å²) < 4.78 is 5.46. The predicted molar refractivity (Wildman–Crippen MR) is 81.9 cm³/mol. The smallest absolute Gasteiger partial charge is 0.0725 e. The third-order valence-electron chi connectivity index (χ3n) is 3.54. The second-order valence-corrected chi connectivity index (χ2v) is 6.24. The molecule has 0 bridgehead atoms. The van der Waals surface area contributed by atoms with Gasteiger partial charge < -0.3 is 4.74 Å². The minimum absolute atomic E-state index is 0.190. The summed E-state index contributed by atoms with van der Waals surface area (Å²) in [6.07, 6.45) is 0. The van der Waals surface area contributed by atoms with E-state index >= 15 is 0 Å². The van der Waals surface area contributed by atoms with Gasteiger partial charge >= 0.3 is 0 Å². The van der Waals surface area contributed by atoms with Gasteiger partial charge in [0.25, 0.3) is 0 Å². The predicted octanol–water partition coefficient (Wildman–Crippen LogP) is 5.16. The van der Waals surface area contributed by atoms with Gasteiger partial charge in [0.15, 0.2) is 0 Å². The first-order valence-corrected chi connectivity index (χ1v) is 7.54. The van der Waals surface area contributed by atoms with E-state index in [1.54, 1.807) is 0 Å². The van der Waals surface area contributed by atoms with Gasteiger partial charge in [-0.3, -0.25) is 0 Å². The fourth-order valence-electron chi connectivity index (χ4n) is 2.45. The van der Waals surface area contributed by atoms with Gasteiger partial charge in [0.1, 0.15) is 0 Å². The Morgan fingerprint density at radius 2 is 1.89 bits per heavy atom. The quantitative estimate of drug-likeness (QED) is 0.688. The Morgan fingerprint density at radius 1 is 1.11 bits per heavy atom. The van der Waals surface area contributed by atoms with Crippen LogP contribution in [-0.4, -0.2) is 0 Å². The Labute approximate surface area is 126 Å². The van der Waals surface area contributed by atoms with E-state index in [1.165, 1.54) is 27.8 Å². The molecule has 0 N–H and O–H groups in total. The molecule has 1 aliphatic heterocycles. The number of halogens is 2. The van der Waals surface area contributed by atoms with Gasteiger partial charge in [-0.2, -0.15) is 0 Å². The highest BCUT2D eigenvalue weighted by Crippen LogP contribution is 2.35. The van der Waals surface area contributed by atoms with Gasteiger partial charge in [-0.1, -0.05) is 51.8 Å². The summed E-state index contributed by atoms with van der Waals surface area (Å²) in [4.78, 5) is 0.190. The first kappa shape index (κ1) is 13.2. The van der Waals surface area contributed by atoms with E-state index in [0.717, 1.165) is 18.2 Å². The van der Waals surface area contributed by atoms with Crippen molar-refractivity contribution in [2.45, 2.75) is 25.0 Å². The van der Waals surface area contributed by atoms with E-state index in [0.29, 0.717) is 0 Å². The molecule has 0 amide bonds. The number of hydrogen-bond donors (Lipinski definition) is 0. The van der Waals surface area contributed by atoms with Crippen molar-refractivity contribution in [3.05, 3.63) is 69.2 Å². The molecule has 19 heavy (non-hydrogen) atoms. The molecule has 1 atom stereocenters. The molecule has 0 aliphatic carbocycles. The van der Waals surface area contributed by atoms with Gasteiger partial charge in [-0.05, 0) is 46.9 Å². The molecule has 1 aliphatic rings. The van der Waals surface area contributed by atoms with Crippen LogP contribution in [0.4, 0.5) is 0 Å². The lowest BCUT2D eigenvalue weighted by atomic mass is 9.98. The summed E-state index contributed by atoms with van der Waals surface area (Å²) >= 11 is 9.81. The lowest BCUT2D eigenvalue weighted by Crippen LogP contribution is -1.97. The molecule has 0 saturated heterocycles. The van der Waals surface area contributed by atoms with Gasteiger partial charge in [0.05, 0.1) is 18.0 Å². The number of alkyl halides is 1. The molecular formula is C16H14BrClO. The third-order valence-corrected chi connectivity index (χ3v) is 4.80. The molecule has 3 rings (SSSR count). The van der Waals surface area contributed by atoms with E-state index in [4.69, 9.17) is 16.3 Å². The molecule has 0 radical (unpaired) electrons. The molecule has 3 heteroatoms. The van der Waals surface area contributed by atoms with Crippen LogP contribution < -0.4 is 0 Å². The number of benzene rings is 2. The Balaban J connectivity index is 1.97. The van der Waals surface area contributed by atoms with Crippen molar-refractivity contribution >= 4 is 27.5 Å². The van der Waals surface area contributed by atoms with Crippen LogP contribution >= 0.6 is 27.5 Å². The first-order valence-electron chi connectivity index (χ1n) is 6.25. The van der Waals surface area contributed by atoms with Gasteiger partial charge in [-0.15, -0.1) is 0 Å². The molecular weight excluding hydrogens is 324 g/mol. The molecule has 1 unspecified atom stereocenters. The Hall–Kier alpha value is -0.830. The van der Waals surface area contributed by atoms with E-state index in [2.05, 4.69) is 47.1 Å². The van der Waals surface area contributed by atoms with Crippen molar-refractivity contribution < 1.29 is 4.74 Å². The van der Waals surface area contributed by atoms with Crippen LogP contribution in [0.3, 0.4) is 0 Å². The summed E-state index contributed by atoms with van der Waals surface area (Å²) in [5.41, 5.74) is 6.31. The van der Waals surface area contributed by atoms with Crippen LogP contribution in [0.25, 0.3) is 0 Å². The van der Waals surface area contributed by atoms with Crippen molar-refractivity contribution in [2.24, 2.45) is 0 Å². The third kappa shape index (κ3) is 2.58. The van der Waals surface area contributed by atoms with Crippen molar-refractivity contribution in [1.29, 1.82) is 0 Å². The summed E-state index contributed by atoms with van der Waals surface area (Å²) in [7, 11) is 0. The molecule has 0 saturated carbocycles. The Morgan fingerprint density at radius 3 is 2.68 bits per heavy atom. The number of fused-ring (bicyclic) bond motifs is 1. The monoisotopic (exact) mass is 336 g/mol. The normalized spacial score (nSPS) is 15.3. The minimum Gasteiger partial charge on any atom is -0.372 e. The SMILES string of the molecule is Cc1cc(Cl)ccc1C(Br)c1ccc2c(c1)COC2. The van der Waals surface area contributed by atoms with Crippen LogP contribution in [0.2, 0.25) is 5.02 Å². The van der Waals surface area contributed by atoms with E-state index in [-0.39, 0.29) is 4.83 Å². The summed E-state index contributed by atoms with van der Waals surface area (Å²) in [6.45, 7) is 3.55. The van der Waals surface area contributed by atoms with Crippen LogP contribution in [-0.2, 0) is 18.0 Å². The maximum atomic E-state index is 6.01. The van der Waals surface area contributed by atoms with E-state index < -0.39 is 0 Å². The second kappa shape index (κ2) is 5.28. The number of aryl methyl sites for hydroxylation is 1. The zero-order valence-corrected chi connectivity index (χ0v) is 13.0. The molecule has 2 aromatic rings. The lowest BCUT2D eigenvalue weighted by molar-refractivity contribution is 0.134. The zero-order chi connectivity index (χ0) is 13.4. The van der Waals surface area contributed by atoms with Crippen LogP contribution in [0, 0.1) is 6.92 Å². The van der Waals surface area contributed by atoms with Gasteiger partial charge in [0.2, 0.25) is 0 Å². The minimum atomic E-state index is 0.190. The largest absolute Gasteiger partial charge is 0.372 e. The highest BCUT2D eigenvalue weighted by atomic mass is 79.9. The average Bonchev–Trinajstić information content (AvgIpc) is 2.85. The van der Waals surface area contributed by atoms with Crippen LogP contribution in [0.1, 0.15) is 32.6 Å². The lowest BCUT2D eigenvalue weighted by Gasteiger charge is -2.15. The highest BCUT2D eigenvalue weighted by molar-refractivity contribution is 9.09. The Kier molecular flexibility index (Phi) is 3.66. The Bertz CT molecular complexity index is 624. The highest BCUT2D eigenvalue weighted by Gasteiger charge is 2.17. The second-order valence-electron chi connectivity index (χ2n) is 4.88. The first-order chi connectivity index (χ1) is 9.15. The molecule has 1 heterocycles. The zero-order valence-electron chi connectivity index (χ0n) is 10.6. The molecule has 0 aromatic heterocycles. The molecule has 98 valence electrons. The molecule has 0 fully saturated rings. The number of hydrogen-bond acceptors (Lipinski definition) is 1. The van der Waals surface area contributed by atoms with Crippen molar-refractivity contribution in [1.82, 2.24) is 0 Å². The molecule has 2 aromatic carbocycles. The summed E-state index contributed by atoms with van der Waals surface area (Å²) in [5, 5.41) is 0.781. The van der Waals surface area contributed by atoms with Crippen molar-refractivity contribution in [3.63, 3.8) is 0 Å². The molecule has 0 spiro atoms. The van der Waals surface area contributed by atoms with Crippen molar-refractivity contribution in [3.8, 4) is 0 Å². The summed E-state index contributed by atoms with van der Waals surface area (Å²) in [5.74, 6) is 0. The van der Waals surface area contributed by atoms with Crippen LogP contribution in [0.15, 0.2) is 36.4 Å². The van der Waals surface area contributed by atoms with E-state index in [9.17, 15) is 0 Å². The number of ether oxygens (including phenoxy) is 1. The van der Waals surface area contributed by atoms with Crippen molar-refractivity contribution in [2.75, 3.05) is 0 Å². The molecule has 1 nitrogen and oxygen atoms in total.